The van der Waals surface area contributed by atoms with E-state index < -0.39 is 23.6 Å². The minimum atomic E-state index is -0.653. The molecule has 0 atom stereocenters. The summed E-state index contributed by atoms with van der Waals surface area (Å²) < 4.78 is 12.2. The van der Waals surface area contributed by atoms with Gasteiger partial charge in [0.1, 0.15) is 18.9 Å². The van der Waals surface area contributed by atoms with Crippen molar-refractivity contribution in [3.8, 4) is 5.75 Å². The number of esters is 1. The van der Waals surface area contributed by atoms with Gasteiger partial charge >= 0.3 is 5.97 Å². The van der Waals surface area contributed by atoms with Crippen LogP contribution < -0.4 is 15.9 Å². The van der Waals surface area contributed by atoms with Gasteiger partial charge in [-0.2, -0.15) is 0 Å². The number of aromatic amines is 1. The predicted octanol–water partition coefficient (Wildman–Crippen LogP) is 2.20. The average Bonchev–Trinajstić information content (AvgIpc) is 2.64. The third-order valence-electron chi connectivity index (χ3n) is 3.80. The minimum Gasteiger partial charge on any atom is -0.496 e. The molecule has 7 nitrogen and oxygen atoms in total. The number of nitrogens with one attached hydrogen (secondary N) is 1. The Morgan fingerprint density at radius 1 is 1.15 bits per heavy atom. The van der Waals surface area contributed by atoms with Crippen molar-refractivity contribution in [2.45, 2.75) is 13.2 Å². The lowest BCUT2D eigenvalue weighted by atomic mass is 10.2. The summed E-state index contributed by atoms with van der Waals surface area (Å²) in [6.07, 6.45) is 0. The molecular formula is C18H15BrN2O5. The molecule has 0 aliphatic carbocycles. The number of hydrogen-bond donors (Lipinski definition) is 1. The fourth-order valence-electron chi connectivity index (χ4n) is 2.55. The molecule has 0 unspecified atom stereocenters. The normalized spacial score (nSPS) is 10.7. The summed E-state index contributed by atoms with van der Waals surface area (Å²) in [6.45, 7) is -0.413. The van der Waals surface area contributed by atoms with Crippen LogP contribution in [0.3, 0.4) is 0 Å². The number of fused-ring (bicyclic) bond motifs is 1. The summed E-state index contributed by atoms with van der Waals surface area (Å²) in [5.41, 5.74) is -0.228. The van der Waals surface area contributed by atoms with Gasteiger partial charge in [0.2, 0.25) is 0 Å². The number of aromatic nitrogens is 2. The van der Waals surface area contributed by atoms with E-state index in [1.54, 1.807) is 36.4 Å². The van der Waals surface area contributed by atoms with E-state index in [2.05, 4.69) is 21.0 Å². The molecule has 1 heterocycles. The molecule has 134 valence electrons. The molecule has 2 aromatic carbocycles. The van der Waals surface area contributed by atoms with Crippen molar-refractivity contribution in [2.24, 2.45) is 0 Å². The Hall–Kier alpha value is -2.87. The van der Waals surface area contributed by atoms with E-state index in [-0.39, 0.29) is 17.4 Å². The zero-order chi connectivity index (χ0) is 18.7. The van der Waals surface area contributed by atoms with Gasteiger partial charge < -0.3 is 9.47 Å². The second kappa shape index (κ2) is 7.57. The summed E-state index contributed by atoms with van der Waals surface area (Å²) in [7, 11) is 1.52. The summed E-state index contributed by atoms with van der Waals surface area (Å²) in [4.78, 5) is 36.6. The number of carbonyl (C=O) groups excluding carboxylic acids is 1. The quantitative estimate of drug-likeness (QED) is 0.641. The average molecular weight is 419 g/mol. The molecule has 0 aliphatic heterocycles. The Labute approximate surface area is 156 Å². The van der Waals surface area contributed by atoms with Crippen LogP contribution in [-0.2, 0) is 22.7 Å². The molecule has 1 aromatic heterocycles. The molecule has 0 bridgehead atoms. The highest BCUT2D eigenvalue weighted by molar-refractivity contribution is 9.10. The van der Waals surface area contributed by atoms with Crippen LogP contribution in [0.4, 0.5) is 0 Å². The number of benzene rings is 2. The molecule has 0 spiro atoms. The SMILES string of the molecule is COc1ccc(Br)cc1COC(=O)Cn1[nH]c(=O)c2ccccc2c1=O. The van der Waals surface area contributed by atoms with Gasteiger partial charge in [-0.05, 0) is 30.3 Å². The predicted molar refractivity (Wildman–Crippen MR) is 99.3 cm³/mol. The number of ether oxygens (including phenoxy) is 2. The number of rotatable bonds is 5. The van der Waals surface area contributed by atoms with Gasteiger partial charge in [0, 0.05) is 10.0 Å². The molecule has 0 saturated heterocycles. The van der Waals surface area contributed by atoms with Crippen LogP contribution >= 0.6 is 15.9 Å². The lowest BCUT2D eigenvalue weighted by Gasteiger charge is -2.11. The number of carbonyl (C=O) groups is 1. The zero-order valence-electron chi connectivity index (χ0n) is 13.8. The van der Waals surface area contributed by atoms with Gasteiger partial charge in [-0.15, -0.1) is 0 Å². The van der Waals surface area contributed by atoms with Gasteiger partial charge in [-0.1, -0.05) is 28.1 Å². The second-order valence-electron chi connectivity index (χ2n) is 5.49. The Balaban J connectivity index is 1.78. The smallest absolute Gasteiger partial charge is 0.328 e. The minimum absolute atomic E-state index is 0.0198. The molecule has 0 aliphatic rings. The van der Waals surface area contributed by atoms with Crippen molar-refractivity contribution in [2.75, 3.05) is 7.11 Å². The van der Waals surface area contributed by atoms with Crippen molar-refractivity contribution < 1.29 is 14.3 Å². The molecule has 8 heteroatoms. The molecule has 3 rings (SSSR count). The summed E-state index contributed by atoms with van der Waals surface area (Å²) >= 11 is 3.35. The van der Waals surface area contributed by atoms with E-state index in [0.29, 0.717) is 11.3 Å². The maximum Gasteiger partial charge on any atom is 0.328 e. The molecule has 26 heavy (non-hydrogen) atoms. The largest absolute Gasteiger partial charge is 0.496 e. The Morgan fingerprint density at radius 2 is 1.88 bits per heavy atom. The first kappa shape index (κ1) is 17.9. The Kier molecular flexibility index (Phi) is 5.22. The highest BCUT2D eigenvalue weighted by Crippen LogP contribution is 2.23. The van der Waals surface area contributed by atoms with Crippen molar-refractivity contribution in [1.82, 2.24) is 9.78 Å². The monoisotopic (exact) mass is 418 g/mol. The second-order valence-corrected chi connectivity index (χ2v) is 6.41. The maximum absolute atomic E-state index is 12.4. The molecule has 0 amide bonds. The Bertz CT molecular complexity index is 1090. The first-order valence-corrected chi connectivity index (χ1v) is 8.49. The first-order valence-electron chi connectivity index (χ1n) is 7.69. The molecule has 0 fully saturated rings. The topological polar surface area (TPSA) is 90.4 Å². The lowest BCUT2D eigenvalue weighted by Crippen LogP contribution is -2.32. The summed E-state index contributed by atoms with van der Waals surface area (Å²) in [5.74, 6) is -0.0719. The lowest BCUT2D eigenvalue weighted by molar-refractivity contribution is -0.146. The maximum atomic E-state index is 12.4. The fraction of sp³-hybridized carbons (Fsp3) is 0.167. The number of halogens is 1. The molecule has 0 radical (unpaired) electrons. The summed E-state index contributed by atoms with van der Waals surface area (Å²) in [5, 5.41) is 2.92. The van der Waals surface area contributed by atoms with Crippen LogP contribution in [0, 0.1) is 0 Å². The van der Waals surface area contributed by atoms with Crippen LogP contribution in [0.2, 0.25) is 0 Å². The molecular weight excluding hydrogens is 404 g/mol. The van der Waals surface area contributed by atoms with Crippen molar-refractivity contribution in [3.05, 3.63) is 73.2 Å². The van der Waals surface area contributed by atoms with Gasteiger partial charge in [-0.25, -0.2) is 4.68 Å². The zero-order valence-corrected chi connectivity index (χ0v) is 15.4. The van der Waals surface area contributed by atoms with Gasteiger partial charge in [0.05, 0.1) is 17.9 Å². The van der Waals surface area contributed by atoms with Crippen LogP contribution in [0.5, 0.6) is 5.75 Å². The van der Waals surface area contributed by atoms with Crippen molar-refractivity contribution >= 4 is 32.7 Å². The van der Waals surface area contributed by atoms with E-state index in [1.807, 2.05) is 6.07 Å². The molecule has 3 aromatic rings. The van der Waals surface area contributed by atoms with E-state index in [0.717, 1.165) is 9.15 Å². The van der Waals surface area contributed by atoms with Crippen molar-refractivity contribution in [3.63, 3.8) is 0 Å². The van der Waals surface area contributed by atoms with Crippen LogP contribution in [0.15, 0.2) is 56.5 Å². The third-order valence-corrected chi connectivity index (χ3v) is 4.30. The van der Waals surface area contributed by atoms with Crippen molar-refractivity contribution in [1.29, 1.82) is 0 Å². The van der Waals surface area contributed by atoms with Crippen LogP contribution in [0.1, 0.15) is 5.56 Å². The van der Waals surface area contributed by atoms with Crippen LogP contribution in [0.25, 0.3) is 10.8 Å². The van der Waals surface area contributed by atoms with Crippen LogP contribution in [-0.4, -0.2) is 22.9 Å². The van der Waals surface area contributed by atoms with E-state index in [9.17, 15) is 14.4 Å². The van der Waals surface area contributed by atoms with Gasteiger partial charge in [0.25, 0.3) is 11.1 Å². The molecule has 0 saturated carbocycles. The van der Waals surface area contributed by atoms with E-state index >= 15 is 0 Å². The first-order chi connectivity index (χ1) is 12.5. The number of H-pyrrole nitrogens is 1. The third kappa shape index (κ3) is 3.70. The number of methoxy groups -OCH3 is 1. The standard InChI is InChI=1S/C18H15BrN2O5/c1-25-15-7-6-12(19)8-11(15)10-26-16(22)9-21-18(24)14-5-3-2-4-13(14)17(23)20-21/h2-8H,9-10H2,1H3,(H,20,23). The Morgan fingerprint density at radius 3 is 2.62 bits per heavy atom. The van der Waals surface area contributed by atoms with E-state index in [4.69, 9.17) is 9.47 Å². The molecule has 1 N–H and O–H groups in total. The van der Waals surface area contributed by atoms with E-state index in [1.165, 1.54) is 7.11 Å². The van der Waals surface area contributed by atoms with Gasteiger partial charge in [-0.3, -0.25) is 19.5 Å². The number of nitrogens with zero attached hydrogens (tertiary/aromatic N) is 1. The highest BCUT2D eigenvalue weighted by atomic mass is 79.9. The van der Waals surface area contributed by atoms with Gasteiger partial charge in [0.15, 0.2) is 0 Å². The summed E-state index contributed by atoms with van der Waals surface area (Å²) in [6, 6.07) is 11.8. The number of hydrogen-bond acceptors (Lipinski definition) is 5. The fourth-order valence-corrected chi connectivity index (χ4v) is 2.96. The highest BCUT2D eigenvalue weighted by Gasteiger charge is 2.12.